The monoisotopic (exact) mass is 457 g/mol. The highest BCUT2D eigenvalue weighted by Gasteiger charge is 2.24. The second-order valence-electron chi connectivity index (χ2n) is 7.71. The minimum Gasteiger partial charge on any atom is -0.455 e. The van der Waals surface area contributed by atoms with Crippen LogP contribution in [0.2, 0.25) is 5.02 Å². The van der Waals surface area contributed by atoms with Crippen molar-refractivity contribution in [3.05, 3.63) is 99.1 Å². The molecule has 0 aliphatic carbocycles. The molecule has 0 fully saturated rings. The molecule has 158 valence electrons. The number of benzene rings is 2. The molecule has 2 aromatic heterocycles. The Labute approximate surface area is 196 Å². The summed E-state index contributed by atoms with van der Waals surface area (Å²) in [5.41, 5.74) is 4.11. The summed E-state index contributed by atoms with van der Waals surface area (Å²) in [6, 6.07) is 24.2. The molecule has 0 spiro atoms. The van der Waals surface area contributed by atoms with Gasteiger partial charge in [0.2, 0.25) is 0 Å². The van der Waals surface area contributed by atoms with Gasteiger partial charge in [-0.2, -0.15) is 5.26 Å². The van der Waals surface area contributed by atoms with Crippen LogP contribution in [0.4, 0.5) is 5.00 Å². The zero-order valence-electron chi connectivity index (χ0n) is 17.3. The third kappa shape index (κ3) is 4.39. The predicted molar refractivity (Wildman–Crippen MR) is 130 cm³/mol. The maximum Gasteiger partial charge on any atom is 0.145 e. The van der Waals surface area contributed by atoms with Crippen molar-refractivity contribution in [3.8, 4) is 17.4 Å². The van der Waals surface area contributed by atoms with Gasteiger partial charge in [0, 0.05) is 35.1 Å². The molecule has 0 saturated carbocycles. The first-order valence-electron chi connectivity index (χ1n) is 10.4. The molecule has 2 aromatic carbocycles. The Kier molecular flexibility index (Phi) is 5.91. The summed E-state index contributed by atoms with van der Waals surface area (Å²) in [6.45, 7) is 2.71. The molecule has 4 nitrogen and oxygen atoms in total. The largest absolute Gasteiger partial charge is 0.455 e. The van der Waals surface area contributed by atoms with Crippen LogP contribution in [-0.4, -0.2) is 17.7 Å². The Balaban J connectivity index is 1.34. The van der Waals surface area contributed by atoms with Crippen LogP contribution in [0.5, 0.6) is 0 Å². The van der Waals surface area contributed by atoms with Crippen molar-refractivity contribution >= 4 is 34.2 Å². The molecule has 0 radical (unpaired) electrons. The van der Waals surface area contributed by atoms with Crippen molar-refractivity contribution < 1.29 is 4.42 Å². The van der Waals surface area contributed by atoms with E-state index in [1.807, 2.05) is 42.5 Å². The van der Waals surface area contributed by atoms with Crippen molar-refractivity contribution in [2.45, 2.75) is 19.5 Å². The van der Waals surface area contributed by atoms with E-state index in [-0.39, 0.29) is 0 Å². The van der Waals surface area contributed by atoms with Crippen LogP contribution < -0.4 is 0 Å². The van der Waals surface area contributed by atoms with Gasteiger partial charge in [0.25, 0.3) is 0 Å². The molecule has 4 aromatic rings. The normalized spacial score (nSPS) is 13.9. The Morgan fingerprint density at radius 3 is 2.69 bits per heavy atom. The number of furan rings is 1. The molecule has 32 heavy (non-hydrogen) atoms. The summed E-state index contributed by atoms with van der Waals surface area (Å²) in [4.78, 5) is 8.28. The summed E-state index contributed by atoms with van der Waals surface area (Å²) in [7, 11) is 0. The van der Waals surface area contributed by atoms with Crippen molar-refractivity contribution in [2.75, 3.05) is 6.54 Å². The minimum atomic E-state index is 0.649. The van der Waals surface area contributed by atoms with Crippen LogP contribution in [0.15, 0.2) is 76.1 Å². The summed E-state index contributed by atoms with van der Waals surface area (Å²) < 4.78 is 5.91. The standard InChI is InChI=1S/C26H20ClN3OS/c27-20-8-6-19(7-9-20)24-11-10-21(31-24)15-29-26-23(14-28)22-12-13-30(17-25(22)32-26)16-18-4-2-1-3-5-18/h1-11,15H,12-13,16-17H2. The van der Waals surface area contributed by atoms with Crippen LogP contribution in [-0.2, 0) is 19.5 Å². The molecule has 5 rings (SSSR count). The van der Waals surface area contributed by atoms with Crippen molar-refractivity contribution in [1.82, 2.24) is 4.90 Å². The summed E-state index contributed by atoms with van der Waals surface area (Å²) in [5.74, 6) is 1.40. The van der Waals surface area contributed by atoms with E-state index < -0.39 is 0 Å². The van der Waals surface area contributed by atoms with Gasteiger partial charge in [-0.3, -0.25) is 4.90 Å². The van der Waals surface area contributed by atoms with Gasteiger partial charge >= 0.3 is 0 Å². The fourth-order valence-electron chi connectivity index (χ4n) is 3.94. The number of fused-ring (bicyclic) bond motifs is 1. The molecule has 6 heteroatoms. The lowest BCUT2D eigenvalue weighted by atomic mass is 10.0. The minimum absolute atomic E-state index is 0.649. The molecule has 0 atom stereocenters. The molecule has 0 bridgehead atoms. The third-order valence-corrected chi connectivity index (χ3v) is 6.92. The predicted octanol–water partition coefficient (Wildman–Crippen LogP) is 6.84. The number of hydrogen-bond donors (Lipinski definition) is 0. The lowest BCUT2D eigenvalue weighted by Crippen LogP contribution is -2.29. The Bertz CT molecular complexity index is 1300. The Morgan fingerprint density at radius 2 is 1.91 bits per heavy atom. The van der Waals surface area contributed by atoms with E-state index >= 15 is 0 Å². The van der Waals surface area contributed by atoms with Gasteiger partial charge in [-0.25, -0.2) is 4.99 Å². The maximum absolute atomic E-state index is 9.77. The molecule has 0 N–H and O–H groups in total. The quantitative estimate of drug-likeness (QED) is 0.308. The van der Waals surface area contributed by atoms with Gasteiger partial charge in [-0.15, -0.1) is 11.3 Å². The summed E-state index contributed by atoms with van der Waals surface area (Å²) in [5, 5.41) is 11.2. The summed E-state index contributed by atoms with van der Waals surface area (Å²) in [6.07, 6.45) is 2.57. The first kappa shape index (κ1) is 20.7. The van der Waals surface area contributed by atoms with E-state index in [9.17, 15) is 5.26 Å². The van der Waals surface area contributed by atoms with E-state index in [0.717, 1.165) is 47.9 Å². The number of thiophene rings is 1. The molecule has 3 heterocycles. The lowest BCUT2D eigenvalue weighted by molar-refractivity contribution is 0.249. The van der Waals surface area contributed by atoms with Gasteiger partial charge in [0.15, 0.2) is 0 Å². The SMILES string of the molecule is N#Cc1c(N=Cc2ccc(-c3ccc(Cl)cc3)o2)sc2c1CCN(Cc1ccccc1)C2. The second kappa shape index (κ2) is 9.13. The molecular weight excluding hydrogens is 438 g/mol. The van der Waals surface area contributed by atoms with E-state index in [4.69, 9.17) is 16.0 Å². The van der Waals surface area contributed by atoms with Crippen LogP contribution in [0.25, 0.3) is 11.3 Å². The number of rotatable bonds is 5. The van der Waals surface area contributed by atoms with E-state index in [0.29, 0.717) is 16.3 Å². The topological polar surface area (TPSA) is 52.5 Å². The fourth-order valence-corrected chi connectivity index (χ4v) is 5.25. The fraction of sp³-hybridized carbons (Fsp3) is 0.154. The van der Waals surface area contributed by atoms with Crippen LogP contribution in [0.1, 0.15) is 27.3 Å². The highest BCUT2D eigenvalue weighted by Crippen LogP contribution is 2.38. The molecule has 0 unspecified atom stereocenters. The van der Waals surface area contributed by atoms with Gasteiger partial charge in [0.05, 0.1) is 11.8 Å². The zero-order valence-corrected chi connectivity index (χ0v) is 18.9. The van der Waals surface area contributed by atoms with Gasteiger partial charge in [-0.1, -0.05) is 41.9 Å². The number of hydrogen-bond acceptors (Lipinski definition) is 5. The number of halogens is 1. The summed E-state index contributed by atoms with van der Waals surface area (Å²) >= 11 is 7.57. The molecule has 1 aliphatic rings. The Hall–Kier alpha value is -3.17. The van der Waals surface area contributed by atoms with E-state index in [1.54, 1.807) is 17.6 Å². The van der Waals surface area contributed by atoms with Crippen molar-refractivity contribution in [2.24, 2.45) is 4.99 Å². The molecule has 1 aliphatic heterocycles. The van der Waals surface area contributed by atoms with E-state index in [2.05, 4.69) is 40.2 Å². The molecule has 0 saturated heterocycles. The first-order chi connectivity index (χ1) is 15.7. The average molecular weight is 458 g/mol. The van der Waals surface area contributed by atoms with E-state index in [1.165, 1.54) is 10.4 Å². The highest BCUT2D eigenvalue weighted by molar-refractivity contribution is 7.16. The van der Waals surface area contributed by atoms with Crippen LogP contribution in [0, 0.1) is 11.3 Å². The molecule has 0 amide bonds. The van der Waals surface area contributed by atoms with Gasteiger partial charge in [0.1, 0.15) is 22.6 Å². The smallest absolute Gasteiger partial charge is 0.145 e. The maximum atomic E-state index is 9.77. The second-order valence-corrected chi connectivity index (χ2v) is 9.23. The zero-order chi connectivity index (χ0) is 21.9. The molecular formula is C26H20ClN3OS. The highest BCUT2D eigenvalue weighted by atomic mass is 35.5. The van der Waals surface area contributed by atoms with Crippen molar-refractivity contribution in [1.29, 1.82) is 5.26 Å². The number of nitrogens with zero attached hydrogens (tertiary/aromatic N) is 3. The average Bonchev–Trinajstić information content (AvgIpc) is 3.43. The number of aliphatic imine (C=N–C) groups is 1. The Morgan fingerprint density at radius 1 is 1.09 bits per heavy atom. The van der Waals surface area contributed by atoms with Crippen LogP contribution >= 0.6 is 22.9 Å². The third-order valence-electron chi connectivity index (χ3n) is 5.54. The van der Waals surface area contributed by atoms with Gasteiger partial charge in [-0.05, 0) is 53.9 Å². The first-order valence-corrected chi connectivity index (χ1v) is 11.6. The lowest BCUT2D eigenvalue weighted by Gasteiger charge is -2.26. The number of nitriles is 1. The van der Waals surface area contributed by atoms with Gasteiger partial charge < -0.3 is 4.42 Å². The van der Waals surface area contributed by atoms with Crippen molar-refractivity contribution in [3.63, 3.8) is 0 Å². The van der Waals surface area contributed by atoms with Crippen LogP contribution in [0.3, 0.4) is 0 Å².